The number of piperazine rings is 1. The zero-order valence-electron chi connectivity index (χ0n) is 14.3. The normalized spacial score (nSPS) is 17.1. The molecule has 0 unspecified atom stereocenters. The molecule has 2 heterocycles. The number of nitrogens with zero attached hydrogens (tertiary/aromatic N) is 3. The molecule has 2 aliphatic rings. The van der Waals surface area contributed by atoms with E-state index in [2.05, 4.69) is 0 Å². The number of anilines is 1. The maximum Gasteiger partial charge on any atom is 0.269 e. The summed E-state index contributed by atoms with van der Waals surface area (Å²) in [7, 11) is -3.63. The Morgan fingerprint density at radius 1 is 0.926 bits per heavy atom. The first-order valence-corrected chi connectivity index (χ1v) is 9.78. The predicted octanol–water partition coefficient (Wildman–Crippen LogP) is 1.83. The van der Waals surface area contributed by atoms with Gasteiger partial charge in [0.2, 0.25) is 16.8 Å². The van der Waals surface area contributed by atoms with E-state index in [1.165, 1.54) is 28.6 Å². The van der Waals surface area contributed by atoms with Crippen LogP contribution in [-0.2, 0) is 10.0 Å². The van der Waals surface area contributed by atoms with Gasteiger partial charge in [-0.3, -0.25) is 10.1 Å². The molecular weight excluding hydrogens is 374 g/mol. The molecular formula is C17H17N3O6S. The number of sulfonamides is 1. The molecule has 0 bridgehead atoms. The van der Waals surface area contributed by atoms with Crippen LogP contribution in [0.3, 0.4) is 0 Å². The Bertz CT molecular complexity index is 969. The Hall–Kier alpha value is -2.85. The molecule has 0 aliphatic carbocycles. The monoisotopic (exact) mass is 391 g/mol. The number of nitro groups is 1. The van der Waals surface area contributed by atoms with Crippen LogP contribution in [-0.4, -0.2) is 50.6 Å². The van der Waals surface area contributed by atoms with Gasteiger partial charge in [0, 0.05) is 50.1 Å². The van der Waals surface area contributed by atoms with Crippen LogP contribution in [0.5, 0.6) is 11.5 Å². The van der Waals surface area contributed by atoms with E-state index in [-0.39, 0.29) is 17.4 Å². The van der Waals surface area contributed by atoms with Crippen LogP contribution in [0.25, 0.3) is 0 Å². The highest BCUT2D eigenvalue weighted by molar-refractivity contribution is 7.89. The van der Waals surface area contributed by atoms with Gasteiger partial charge >= 0.3 is 0 Å². The van der Waals surface area contributed by atoms with Crippen molar-refractivity contribution in [3.8, 4) is 11.5 Å². The molecule has 4 rings (SSSR count). The fraction of sp³-hybridized carbons (Fsp3) is 0.294. The molecule has 2 aliphatic heterocycles. The van der Waals surface area contributed by atoms with Gasteiger partial charge in [0.1, 0.15) is 0 Å². The molecule has 0 atom stereocenters. The number of rotatable bonds is 4. The zero-order valence-corrected chi connectivity index (χ0v) is 15.1. The number of hydrogen-bond donors (Lipinski definition) is 0. The maximum atomic E-state index is 12.9. The second-order valence-electron chi connectivity index (χ2n) is 6.18. The molecule has 27 heavy (non-hydrogen) atoms. The van der Waals surface area contributed by atoms with E-state index < -0.39 is 14.9 Å². The highest BCUT2D eigenvalue weighted by Gasteiger charge is 2.30. The summed E-state index contributed by atoms with van der Waals surface area (Å²) < 4.78 is 37.7. The Morgan fingerprint density at radius 2 is 1.59 bits per heavy atom. The predicted molar refractivity (Wildman–Crippen MR) is 96.6 cm³/mol. The van der Waals surface area contributed by atoms with E-state index in [0.29, 0.717) is 37.7 Å². The highest BCUT2D eigenvalue weighted by atomic mass is 32.2. The summed E-state index contributed by atoms with van der Waals surface area (Å²) in [6.07, 6.45) is 0. The number of benzene rings is 2. The standard InChI is InChI=1S/C17H17N3O6S/c21-20(22)14-3-1-13(2-4-14)18-7-9-19(10-8-18)27(23,24)15-5-6-16-17(11-15)26-12-25-16/h1-6,11H,7-10,12H2. The second-order valence-corrected chi connectivity index (χ2v) is 8.12. The average Bonchev–Trinajstić information content (AvgIpc) is 3.16. The molecule has 10 heteroatoms. The lowest BCUT2D eigenvalue weighted by Gasteiger charge is -2.35. The van der Waals surface area contributed by atoms with Gasteiger partial charge < -0.3 is 14.4 Å². The largest absolute Gasteiger partial charge is 0.454 e. The van der Waals surface area contributed by atoms with E-state index in [0.717, 1.165) is 5.69 Å². The first-order valence-electron chi connectivity index (χ1n) is 8.34. The quantitative estimate of drug-likeness (QED) is 0.579. The summed E-state index contributed by atoms with van der Waals surface area (Å²) >= 11 is 0. The molecule has 0 amide bonds. The van der Waals surface area contributed by atoms with Crippen LogP contribution < -0.4 is 14.4 Å². The number of hydrogen-bond acceptors (Lipinski definition) is 7. The number of ether oxygens (including phenoxy) is 2. The third kappa shape index (κ3) is 3.28. The van der Waals surface area contributed by atoms with E-state index in [1.54, 1.807) is 18.2 Å². The summed E-state index contributed by atoms with van der Waals surface area (Å²) in [5, 5.41) is 10.7. The van der Waals surface area contributed by atoms with Crippen molar-refractivity contribution in [3.63, 3.8) is 0 Å². The Labute approximate surface area is 155 Å². The molecule has 142 valence electrons. The van der Waals surface area contributed by atoms with Crippen molar-refractivity contribution in [2.75, 3.05) is 37.9 Å². The van der Waals surface area contributed by atoms with Gasteiger partial charge in [0.15, 0.2) is 11.5 Å². The van der Waals surface area contributed by atoms with Crippen molar-refractivity contribution in [3.05, 3.63) is 52.6 Å². The minimum Gasteiger partial charge on any atom is -0.454 e. The Morgan fingerprint density at radius 3 is 2.26 bits per heavy atom. The lowest BCUT2D eigenvalue weighted by atomic mass is 10.2. The van der Waals surface area contributed by atoms with Crippen molar-refractivity contribution >= 4 is 21.4 Å². The van der Waals surface area contributed by atoms with E-state index in [4.69, 9.17) is 9.47 Å². The van der Waals surface area contributed by atoms with Crippen LogP contribution in [0.2, 0.25) is 0 Å². The molecule has 2 aromatic rings. The summed E-state index contributed by atoms with van der Waals surface area (Å²) in [4.78, 5) is 12.5. The fourth-order valence-corrected chi connectivity index (χ4v) is 4.60. The minimum atomic E-state index is -3.63. The Balaban J connectivity index is 1.46. The molecule has 0 spiro atoms. The molecule has 0 saturated carbocycles. The van der Waals surface area contributed by atoms with Crippen LogP contribution >= 0.6 is 0 Å². The Kier molecular flexibility index (Phi) is 4.36. The van der Waals surface area contributed by atoms with Gasteiger partial charge in [0.05, 0.1) is 9.82 Å². The van der Waals surface area contributed by atoms with Gasteiger partial charge in [-0.15, -0.1) is 0 Å². The SMILES string of the molecule is O=[N+]([O-])c1ccc(N2CCN(S(=O)(=O)c3ccc4c(c3)OCO4)CC2)cc1. The molecule has 2 aromatic carbocycles. The van der Waals surface area contributed by atoms with Gasteiger partial charge in [-0.1, -0.05) is 0 Å². The number of nitro benzene ring substituents is 1. The van der Waals surface area contributed by atoms with Gasteiger partial charge in [-0.2, -0.15) is 4.31 Å². The van der Waals surface area contributed by atoms with Gasteiger partial charge in [0.25, 0.3) is 5.69 Å². The second kappa shape index (κ2) is 6.71. The summed E-state index contributed by atoms with van der Waals surface area (Å²) in [6.45, 7) is 1.75. The van der Waals surface area contributed by atoms with E-state index >= 15 is 0 Å². The third-order valence-electron chi connectivity index (χ3n) is 4.65. The molecule has 0 aromatic heterocycles. The van der Waals surface area contributed by atoms with Gasteiger partial charge in [-0.25, -0.2) is 8.42 Å². The lowest BCUT2D eigenvalue weighted by Crippen LogP contribution is -2.48. The van der Waals surface area contributed by atoms with Crippen molar-refractivity contribution in [1.82, 2.24) is 4.31 Å². The van der Waals surface area contributed by atoms with Crippen LogP contribution in [0, 0.1) is 10.1 Å². The molecule has 1 saturated heterocycles. The lowest BCUT2D eigenvalue weighted by molar-refractivity contribution is -0.384. The maximum absolute atomic E-state index is 12.9. The zero-order chi connectivity index (χ0) is 19.0. The number of non-ortho nitro benzene ring substituents is 1. The smallest absolute Gasteiger partial charge is 0.269 e. The van der Waals surface area contributed by atoms with Crippen molar-refractivity contribution in [2.24, 2.45) is 0 Å². The van der Waals surface area contributed by atoms with E-state index in [1.807, 2.05) is 4.90 Å². The molecule has 0 N–H and O–H groups in total. The minimum absolute atomic E-state index is 0.0303. The fourth-order valence-electron chi connectivity index (χ4n) is 3.16. The summed E-state index contributed by atoms with van der Waals surface area (Å²) in [6, 6.07) is 10.9. The van der Waals surface area contributed by atoms with Gasteiger partial charge in [-0.05, 0) is 24.3 Å². The van der Waals surface area contributed by atoms with Crippen molar-refractivity contribution in [2.45, 2.75) is 4.90 Å². The summed E-state index contributed by atoms with van der Waals surface area (Å²) in [5.41, 5.74) is 0.864. The van der Waals surface area contributed by atoms with Crippen molar-refractivity contribution < 1.29 is 22.8 Å². The molecule has 0 radical (unpaired) electrons. The van der Waals surface area contributed by atoms with Crippen LogP contribution in [0.15, 0.2) is 47.4 Å². The topological polar surface area (TPSA) is 102 Å². The van der Waals surface area contributed by atoms with Crippen molar-refractivity contribution in [1.29, 1.82) is 0 Å². The molecule has 1 fully saturated rings. The third-order valence-corrected chi connectivity index (χ3v) is 6.54. The van der Waals surface area contributed by atoms with Crippen LogP contribution in [0.4, 0.5) is 11.4 Å². The van der Waals surface area contributed by atoms with E-state index in [9.17, 15) is 18.5 Å². The highest BCUT2D eigenvalue weighted by Crippen LogP contribution is 2.35. The first kappa shape index (κ1) is 17.6. The summed E-state index contributed by atoms with van der Waals surface area (Å²) in [5.74, 6) is 0.970. The average molecular weight is 391 g/mol. The van der Waals surface area contributed by atoms with Crippen LogP contribution in [0.1, 0.15) is 0 Å². The number of fused-ring (bicyclic) bond motifs is 1. The first-order chi connectivity index (χ1) is 12.9. The molecule has 9 nitrogen and oxygen atoms in total.